The Kier molecular flexibility index (Phi) is 9.25. The van der Waals surface area contributed by atoms with E-state index in [1.807, 2.05) is 18.2 Å². The van der Waals surface area contributed by atoms with E-state index in [4.69, 9.17) is 0 Å². The fraction of sp³-hybridized carbons (Fsp3) is 0.323. The van der Waals surface area contributed by atoms with Gasteiger partial charge in [0, 0.05) is 18.2 Å². The SMILES string of the molecule is CC1=C/CC/C(C)=C/C(c2cccc(C3=CCC(NC(=O)CNC(=O)c4cc(CO)n(S(=O)(=O)C(C)C)c4)=N3)c2)=C\1. The zero-order valence-electron chi connectivity index (χ0n) is 23.8. The number of amides is 2. The molecule has 0 unspecified atom stereocenters. The van der Waals surface area contributed by atoms with Crippen molar-refractivity contribution in [3.05, 3.63) is 94.4 Å². The summed E-state index contributed by atoms with van der Waals surface area (Å²) in [5, 5.41) is 14.0. The first-order valence-corrected chi connectivity index (χ1v) is 15.1. The summed E-state index contributed by atoms with van der Waals surface area (Å²) in [6.07, 6.45) is 12.3. The number of carbonyl (C=O) groups excluding carboxylic acids is 2. The maximum Gasteiger partial charge on any atom is 0.253 e. The third-order valence-electron chi connectivity index (χ3n) is 6.87. The van der Waals surface area contributed by atoms with Crippen molar-refractivity contribution in [3.63, 3.8) is 0 Å². The van der Waals surface area contributed by atoms with Crippen LogP contribution >= 0.6 is 0 Å². The van der Waals surface area contributed by atoms with Crippen molar-refractivity contribution in [2.45, 2.75) is 58.8 Å². The highest BCUT2D eigenvalue weighted by Crippen LogP contribution is 2.28. The molecule has 0 spiro atoms. The predicted molar refractivity (Wildman–Crippen MR) is 161 cm³/mol. The van der Waals surface area contributed by atoms with Crippen LogP contribution in [0.3, 0.4) is 0 Å². The van der Waals surface area contributed by atoms with Crippen molar-refractivity contribution in [1.29, 1.82) is 0 Å². The van der Waals surface area contributed by atoms with Crippen molar-refractivity contribution in [1.82, 2.24) is 14.6 Å². The predicted octanol–water partition coefficient (Wildman–Crippen LogP) is 4.33. The molecular formula is C31H36N4O5S. The first-order valence-electron chi connectivity index (χ1n) is 13.6. The van der Waals surface area contributed by atoms with E-state index in [2.05, 4.69) is 59.8 Å². The molecule has 4 rings (SSSR count). The van der Waals surface area contributed by atoms with E-state index in [0.717, 1.165) is 45.4 Å². The molecule has 1 aliphatic heterocycles. The molecule has 2 heterocycles. The summed E-state index contributed by atoms with van der Waals surface area (Å²) in [5.41, 5.74) is 6.60. The van der Waals surface area contributed by atoms with Crippen molar-refractivity contribution < 1.29 is 23.1 Å². The van der Waals surface area contributed by atoms with Gasteiger partial charge in [-0.05, 0) is 63.8 Å². The highest BCUT2D eigenvalue weighted by atomic mass is 32.2. The molecule has 0 bridgehead atoms. The van der Waals surface area contributed by atoms with Crippen LogP contribution in [0.1, 0.15) is 74.1 Å². The standard InChI is InChI=1S/C31H36N4O5S/c1-20(2)41(39,40)35-18-26(16-27(35)19-36)31(38)32-17-30(37)34-29-12-11-28(33-29)24-10-6-9-23(15-24)25-13-21(3)7-5-8-22(4)14-25/h6-7,9-11,13-16,18,20,36H,5,8,12,17,19H2,1-4H3,(H,32,38)(H,33,34,37)/b21-7-,22-14+,25-13+. The summed E-state index contributed by atoms with van der Waals surface area (Å²) in [5.74, 6) is -0.616. The third-order valence-corrected chi connectivity index (χ3v) is 8.95. The molecule has 3 N–H and O–H groups in total. The number of allylic oxidation sites excluding steroid dienone is 6. The summed E-state index contributed by atoms with van der Waals surface area (Å²) >= 11 is 0. The molecule has 216 valence electrons. The van der Waals surface area contributed by atoms with E-state index in [1.54, 1.807) is 0 Å². The Bertz CT molecular complexity index is 1620. The van der Waals surface area contributed by atoms with Crippen molar-refractivity contribution in [2.24, 2.45) is 4.99 Å². The van der Waals surface area contributed by atoms with Crippen LogP contribution in [-0.4, -0.2) is 46.9 Å². The van der Waals surface area contributed by atoms with Crippen LogP contribution in [0, 0.1) is 0 Å². The summed E-state index contributed by atoms with van der Waals surface area (Å²) in [6.45, 7) is 6.40. The fourth-order valence-electron chi connectivity index (χ4n) is 4.59. The first-order chi connectivity index (χ1) is 19.5. The molecule has 2 amide bonds. The molecule has 0 saturated heterocycles. The maximum absolute atomic E-state index is 12.6. The molecule has 1 aromatic carbocycles. The number of aliphatic hydroxyl groups is 1. The number of aromatic nitrogens is 1. The molecule has 1 aromatic heterocycles. The second-order valence-electron chi connectivity index (χ2n) is 10.5. The van der Waals surface area contributed by atoms with Gasteiger partial charge in [0.25, 0.3) is 5.91 Å². The van der Waals surface area contributed by atoms with Crippen LogP contribution in [-0.2, 0) is 21.4 Å². The van der Waals surface area contributed by atoms with Gasteiger partial charge in [0.05, 0.1) is 35.4 Å². The average Bonchev–Trinajstić information content (AvgIpc) is 3.58. The number of nitrogens with zero attached hydrogens (tertiary/aromatic N) is 2. The molecule has 41 heavy (non-hydrogen) atoms. The molecule has 2 aliphatic rings. The molecule has 0 radical (unpaired) electrons. The molecule has 0 atom stereocenters. The van der Waals surface area contributed by atoms with Gasteiger partial charge in [0.15, 0.2) is 0 Å². The van der Waals surface area contributed by atoms with Crippen molar-refractivity contribution >= 4 is 38.9 Å². The quantitative estimate of drug-likeness (QED) is 0.431. The Balaban J connectivity index is 1.39. The second kappa shape index (κ2) is 12.7. The average molecular weight is 577 g/mol. The molecule has 2 aromatic rings. The van der Waals surface area contributed by atoms with E-state index in [0.29, 0.717) is 12.3 Å². The first kappa shape index (κ1) is 30.0. The Labute approximate surface area is 241 Å². The van der Waals surface area contributed by atoms with Gasteiger partial charge in [-0.25, -0.2) is 17.4 Å². The van der Waals surface area contributed by atoms with E-state index in [9.17, 15) is 23.1 Å². The molecule has 1 aliphatic carbocycles. The summed E-state index contributed by atoms with van der Waals surface area (Å²) in [4.78, 5) is 29.8. The fourth-order valence-corrected chi connectivity index (χ4v) is 5.74. The number of carbonyl (C=O) groups is 2. The molecule has 0 fully saturated rings. The summed E-state index contributed by atoms with van der Waals surface area (Å²) < 4.78 is 25.9. The van der Waals surface area contributed by atoms with Gasteiger partial charge in [-0.2, -0.15) is 0 Å². The largest absolute Gasteiger partial charge is 0.390 e. The summed E-state index contributed by atoms with van der Waals surface area (Å²) in [7, 11) is -3.76. The number of hydrogen-bond acceptors (Lipinski definition) is 6. The topological polar surface area (TPSA) is 130 Å². The number of rotatable bonds is 8. The highest BCUT2D eigenvalue weighted by molar-refractivity contribution is 7.90. The Morgan fingerprint density at radius 1 is 1.10 bits per heavy atom. The normalized spacial score (nSPS) is 19.5. The van der Waals surface area contributed by atoms with Gasteiger partial charge in [0.1, 0.15) is 5.84 Å². The van der Waals surface area contributed by atoms with Crippen LogP contribution in [0.15, 0.2) is 77.0 Å². The highest BCUT2D eigenvalue weighted by Gasteiger charge is 2.24. The molecule has 0 saturated carbocycles. The lowest BCUT2D eigenvalue weighted by atomic mass is 9.95. The van der Waals surface area contributed by atoms with Gasteiger partial charge < -0.3 is 15.7 Å². The van der Waals surface area contributed by atoms with Crippen LogP contribution in [0.25, 0.3) is 11.3 Å². The van der Waals surface area contributed by atoms with Gasteiger partial charge in [-0.1, -0.05) is 53.6 Å². The Morgan fingerprint density at radius 2 is 1.85 bits per heavy atom. The zero-order chi connectivity index (χ0) is 29.7. The van der Waals surface area contributed by atoms with Crippen molar-refractivity contribution in [2.75, 3.05) is 6.54 Å². The number of amidine groups is 1. The van der Waals surface area contributed by atoms with E-state index >= 15 is 0 Å². The van der Waals surface area contributed by atoms with Gasteiger partial charge in [0.2, 0.25) is 15.9 Å². The van der Waals surface area contributed by atoms with Crippen molar-refractivity contribution in [3.8, 4) is 0 Å². The zero-order valence-corrected chi connectivity index (χ0v) is 24.6. The summed E-state index contributed by atoms with van der Waals surface area (Å²) in [6, 6.07) is 9.45. The number of benzene rings is 1. The van der Waals surface area contributed by atoms with E-state index in [-0.39, 0.29) is 17.8 Å². The number of aliphatic hydroxyl groups excluding tert-OH is 1. The van der Waals surface area contributed by atoms with Gasteiger partial charge in [-0.15, -0.1) is 0 Å². The number of nitrogens with one attached hydrogen (secondary N) is 2. The molecule has 10 heteroatoms. The molecule has 9 nitrogen and oxygen atoms in total. The minimum atomic E-state index is -3.76. The minimum Gasteiger partial charge on any atom is -0.390 e. The van der Waals surface area contributed by atoms with Gasteiger partial charge >= 0.3 is 0 Å². The van der Waals surface area contributed by atoms with E-state index < -0.39 is 33.7 Å². The van der Waals surface area contributed by atoms with Crippen LogP contribution in [0.4, 0.5) is 0 Å². The number of aliphatic imine (C=N–C) groups is 1. The van der Waals surface area contributed by atoms with Gasteiger partial charge in [-0.3, -0.25) is 9.59 Å². The lowest BCUT2D eigenvalue weighted by molar-refractivity contribution is -0.118. The van der Waals surface area contributed by atoms with E-state index in [1.165, 1.54) is 31.1 Å². The van der Waals surface area contributed by atoms with Crippen LogP contribution < -0.4 is 10.6 Å². The minimum absolute atomic E-state index is 0.0308. The Hall–Kier alpha value is -4.02. The Morgan fingerprint density at radius 3 is 2.59 bits per heavy atom. The lowest BCUT2D eigenvalue weighted by Crippen LogP contribution is -2.39. The molecular weight excluding hydrogens is 540 g/mol. The van der Waals surface area contributed by atoms with Crippen LogP contribution in [0.2, 0.25) is 0 Å². The third kappa shape index (κ3) is 7.20. The number of hydrogen-bond donors (Lipinski definition) is 3. The lowest BCUT2D eigenvalue weighted by Gasteiger charge is -2.11. The smallest absolute Gasteiger partial charge is 0.253 e. The second-order valence-corrected chi connectivity index (χ2v) is 12.9. The monoisotopic (exact) mass is 576 g/mol. The maximum atomic E-state index is 12.6. The van der Waals surface area contributed by atoms with Crippen LogP contribution in [0.5, 0.6) is 0 Å².